The number of hydrogen-bond donors (Lipinski definition) is 0. The number of benzene rings is 10. The molecule has 0 aliphatic rings. The van der Waals surface area contributed by atoms with Gasteiger partial charge in [0.05, 0.1) is 33.1 Å². The molecule has 284 valence electrons. The van der Waals surface area contributed by atoms with E-state index in [1.54, 1.807) is 0 Å². The summed E-state index contributed by atoms with van der Waals surface area (Å²) in [5, 5.41) is 9.65. The molecule has 13 rings (SSSR count). The van der Waals surface area contributed by atoms with E-state index in [0.717, 1.165) is 50.4 Å². The molecule has 4 nitrogen and oxygen atoms in total. The zero-order chi connectivity index (χ0) is 40.0. The fraction of sp³-hybridized carbons (Fsp3) is 0. The summed E-state index contributed by atoms with van der Waals surface area (Å²) in [4.78, 5) is 5.60. The van der Waals surface area contributed by atoms with E-state index in [0.29, 0.717) is 0 Å². The van der Waals surface area contributed by atoms with Crippen LogP contribution in [0.25, 0.3) is 116 Å². The van der Waals surface area contributed by atoms with Gasteiger partial charge in [-0.15, -0.1) is 0 Å². The summed E-state index contributed by atoms with van der Waals surface area (Å²) in [6.45, 7) is 0. The zero-order valence-corrected chi connectivity index (χ0v) is 33.1. The molecular weight excluding hydrogens is 741 g/mol. The molecular formula is C57H36N4. The first-order chi connectivity index (χ1) is 30.3. The van der Waals surface area contributed by atoms with Crippen molar-refractivity contribution in [3.05, 3.63) is 218 Å². The van der Waals surface area contributed by atoms with Crippen LogP contribution < -0.4 is 0 Å². The molecule has 0 N–H and O–H groups in total. The maximum Gasteiger partial charge on any atom is 0.145 e. The highest BCUT2D eigenvalue weighted by atomic mass is 15.1. The fourth-order valence-electron chi connectivity index (χ4n) is 9.98. The Morgan fingerprint density at radius 2 is 0.689 bits per heavy atom. The molecule has 61 heavy (non-hydrogen) atoms. The quantitative estimate of drug-likeness (QED) is 0.160. The third kappa shape index (κ3) is 4.97. The molecule has 3 aromatic heterocycles. The average Bonchev–Trinajstić information content (AvgIpc) is 4.01. The van der Waals surface area contributed by atoms with E-state index in [1.807, 2.05) is 0 Å². The first-order valence-corrected chi connectivity index (χ1v) is 20.9. The molecule has 0 atom stereocenters. The van der Waals surface area contributed by atoms with Crippen LogP contribution in [0.4, 0.5) is 0 Å². The van der Waals surface area contributed by atoms with Gasteiger partial charge in [0.15, 0.2) is 0 Å². The van der Waals surface area contributed by atoms with Crippen LogP contribution in [0.3, 0.4) is 0 Å². The molecule has 10 aromatic carbocycles. The normalized spacial score (nSPS) is 11.9. The summed E-state index contributed by atoms with van der Waals surface area (Å²) in [6.07, 6.45) is 0. The first-order valence-electron chi connectivity index (χ1n) is 20.9. The maximum atomic E-state index is 5.60. The highest BCUT2D eigenvalue weighted by Gasteiger charge is 2.23. The predicted octanol–water partition coefficient (Wildman–Crippen LogP) is 14.9. The van der Waals surface area contributed by atoms with E-state index >= 15 is 0 Å². The summed E-state index contributed by atoms with van der Waals surface area (Å²) in [5.74, 6) is 0.905. The van der Waals surface area contributed by atoms with E-state index in [9.17, 15) is 0 Å². The molecule has 0 amide bonds. The van der Waals surface area contributed by atoms with Crippen LogP contribution >= 0.6 is 0 Å². The van der Waals surface area contributed by atoms with Gasteiger partial charge in [0, 0.05) is 54.9 Å². The average molecular weight is 777 g/mol. The largest absolute Gasteiger partial charge is 0.307 e. The highest BCUT2D eigenvalue weighted by molar-refractivity contribution is 6.25. The van der Waals surface area contributed by atoms with E-state index in [1.165, 1.54) is 65.4 Å². The summed E-state index contributed by atoms with van der Waals surface area (Å²) in [5.41, 5.74) is 13.5. The van der Waals surface area contributed by atoms with Gasteiger partial charge in [0.25, 0.3) is 0 Å². The Kier molecular flexibility index (Phi) is 7.27. The molecule has 0 unspecified atom stereocenters. The Balaban J connectivity index is 1.13. The lowest BCUT2D eigenvalue weighted by atomic mass is 10.00. The summed E-state index contributed by atoms with van der Waals surface area (Å²) >= 11 is 0. The second kappa shape index (κ2) is 13.2. The van der Waals surface area contributed by atoms with E-state index in [-0.39, 0.29) is 0 Å². The van der Waals surface area contributed by atoms with Crippen molar-refractivity contribution in [1.29, 1.82) is 0 Å². The SMILES string of the molecule is c1ccc(-c2ccc(-c3nc4c5ccccc5c5ccccc5c4n3-c3cccc(-n4c5ccccc5c5ccc6c7ccccc7n(-c7ccccc7)c6c54)c3)cc2)cc1. The summed E-state index contributed by atoms with van der Waals surface area (Å²) in [7, 11) is 0. The minimum Gasteiger partial charge on any atom is -0.307 e. The lowest BCUT2D eigenvalue weighted by Gasteiger charge is -2.16. The highest BCUT2D eigenvalue weighted by Crippen LogP contribution is 2.43. The molecule has 0 spiro atoms. The van der Waals surface area contributed by atoms with Crippen LogP contribution in [0.2, 0.25) is 0 Å². The monoisotopic (exact) mass is 776 g/mol. The lowest BCUT2D eigenvalue weighted by Crippen LogP contribution is -2.02. The van der Waals surface area contributed by atoms with Gasteiger partial charge >= 0.3 is 0 Å². The maximum absolute atomic E-state index is 5.60. The third-order valence-corrected chi connectivity index (χ3v) is 12.6. The van der Waals surface area contributed by atoms with Gasteiger partial charge < -0.3 is 9.13 Å². The number of nitrogens with zero attached hydrogens (tertiary/aromatic N) is 4. The summed E-state index contributed by atoms with van der Waals surface area (Å²) < 4.78 is 7.33. The Bertz CT molecular complexity index is 3850. The number of imidazole rings is 1. The van der Waals surface area contributed by atoms with Gasteiger partial charge in [-0.1, -0.05) is 176 Å². The van der Waals surface area contributed by atoms with Crippen molar-refractivity contribution < 1.29 is 0 Å². The van der Waals surface area contributed by atoms with Crippen molar-refractivity contribution in [2.24, 2.45) is 0 Å². The van der Waals surface area contributed by atoms with Crippen LogP contribution in [0, 0.1) is 0 Å². The third-order valence-electron chi connectivity index (χ3n) is 12.6. The molecule has 0 saturated heterocycles. The molecule has 3 heterocycles. The Hall–Kier alpha value is -8.21. The standard InChI is InChI=1S/C57H36N4/c1-3-16-37(17-4-1)38-30-32-39(33-31-38)57-58-53-47-26-9-7-22-43(47)44-23-8-10-27-48(44)54(53)61(57)42-21-15-20-41(36-42)60-52-29-14-12-25-46(52)50-35-34-49-45-24-11-13-28-51(45)59(55(49)56(50)60)40-18-5-2-6-19-40/h1-36H. The van der Waals surface area contributed by atoms with Gasteiger partial charge in [-0.05, 0) is 64.4 Å². The Morgan fingerprint density at radius 3 is 1.33 bits per heavy atom. The van der Waals surface area contributed by atoms with Crippen molar-refractivity contribution in [2.45, 2.75) is 0 Å². The molecule has 4 heteroatoms. The minimum absolute atomic E-state index is 0.905. The number of rotatable bonds is 5. The topological polar surface area (TPSA) is 27.7 Å². The van der Waals surface area contributed by atoms with Crippen LogP contribution in [0.1, 0.15) is 0 Å². The van der Waals surface area contributed by atoms with Crippen molar-refractivity contribution in [3.8, 4) is 39.6 Å². The second-order valence-electron chi connectivity index (χ2n) is 15.9. The van der Waals surface area contributed by atoms with E-state index in [2.05, 4.69) is 232 Å². The van der Waals surface area contributed by atoms with E-state index in [4.69, 9.17) is 4.98 Å². The Labute approximate surface area is 351 Å². The van der Waals surface area contributed by atoms with Crippen LogP contribution in [-0.2, 0) is 0 Å². The van der Waals surface area contributed by atoms with Gasteiger partial charge in [-0.25, -0.2) is 4.98 Å². The predicted molar refractivity (Wildman–Crippen MR) is 256 cm³/mol. The van der Waals surface area contributed by atoms with Gasteiger partial charge in [-0.2, -0.15) is 0 Å². The fourth-order valence-corrected chi connectivity index (χ4v) is 9.98. The summed E-state index contributed by atoms with van der Waals surface area (Å²) in [6, 6.07) is 79.0. The van der Waals surface area contributed by atoms with Gasteiger partial charge in [0.2, 0.25) is 0 Å². The molecule has 0 saturated carbocycles. The van der Waals surface area contributed by atoms with Gasteiger partial charge in [-0.3, -0.25) is 4.57 Å². The number of fused-ring (bicyclic) bond motifs is 13. The van der Waals surface area contributed by atoms with Crippen LogP contribution in [0.15, 0.2) is 218 Å². The molecule has 0 aliphatic heterocycles. The molecule has 0 bridgehead atoms. The Morgan fingerprint density at radius 1 is 0.262 bits per heavy atom. The molecule has 0 aliphatic carbocycles. The van der Waals surface area contributed by atoms with Crippen molar-refractivity contribution in [2.75, 3.05) is 0 Å². The molecule has 0 fully saturated rings. The number of hydrogen-bond acceptors (Lipinski definition) is 1. The number of aromatic nitrogens is 4. The van der Waals surface area contributed by atoms with Gasteiger partial charge in [0.1, 0.15) is 5.82 Å². The zero-order valence-electron chi connectivity index (χ0n) is 33.1. The molecule has 13 aromatic rings. The van der Waals surface area contributed by atoms with E-state index < -0.39 is 0 Å². The smallest absolute Gasteiger partial charge is 0.145 e. The minimum atomic E-state index is 0.905. The van der Waals surface area contributed by atoms with Crippen LogP contribution in [0.5, 0.6) is 0 Å². The van der Waals surface area contributed by atoms with Crippen molar-refractivity contribution >= 4 is 76.2 Å². The second-order valence-corrected chi connectivity index (χ2v) is 15.9. The van der Waals surface area contributed by atoms with Crippen molar-refractivity contribution in [1.82, 2.24) is 18.7 Å². The molecule has 0 radical (unpaired) electrons. The lowest BCUT2D eigenvalue weighted by molar-refractivity contribution is 1.09. The first kappa shape index (κ1) is 33.7. The number of para-hydroxylation sites is 3. The van der Waals surface area contributed by atoms with Crippen molar-refractivity contribution in [3.63, 3.8) is 0 Å². The van der Waals surface area contributed by atoms with Crippen LogP contribution in [-0.4, -0.2) is 18.7 Å².